The highest BCUT2D eigenvalue weighted by Crippen LogP contribution is 2.24. The number of piperidine rings is 1. The standard InChI is InChI=1S/C23H25F2N5O2S/c24-22(25)32-19-11-9-17(10-12-19)26-21(31)16-33-23-28-27-20(15-29-13-5-2-6-14-29)30(23)18-7-3-1-4-8-18/h1,3-4,7-12,22H,2,5-6,13-16H2,(H,26,31). The average Bonchev–Trinajstić information content (AvgIpc) is 3.22. The molecule has 2 heterocycles. The lowest BCUT2D eigenvalue weighted by atomic mass is 10.1. The smallest absolute Gasteiger partial charge is 0.387 e. The van der Waals surface area contributed by atoms with Crippen molar-refractivity contribution in [1.82, 2.24) is 19.7 Å². The van der Waals surface area contributed by atoms with E-state index < -0.39 is 6.61 Å². The maximum Gasteiger partial charge on any atom is 0.387 e. The first-order valence-corrected chi connectivity index (χ1v) is 11.8. The number of rotatable bonds is 9. The molecule has 0 aliphatic carbocycles. The lowest BCUT2D eigenvalue weighted by molar-refractivity contribution is -0.113. The number of carbonyl (C=O) groups is 1. The monoisotopic (exact) mass is 473 g/mol. The molecule has 3 aromatic rings. The van der Waals surface area contributed by atoms with Crippen LogP contribution in [0.2, 0.25) is 0 Å². The molecule has 0 saturated carbocycles. The molecule has 1 aliphatic rings. The van der Waals surface area contributed by atoms with Crippen molar-refractivity contribution in [1.29, 1.82) is 0 Å². The molecule has 33 heavy (non-hydrogen) atoms. The number of aromatic nitrogens is 3. The Balaban J connectivity index is 1.42. The number of amides is 1. The zero-order valence-corrected chi connectivity index (χ0v) is 18.8. The second-order valence-electron chi connectivity index (χ2n) is 7.65. The van der Waals surface area contributed by atoms with E-state index in [9.17, 15) is 13.6 Å². The summed E-state index contributed by atoms with van der Waals surface area (Å²) in [6, 6.07) is 15.7. The van der Waals surface area contributed by atoms with Crippen LogP contribution in [0.3, 0.4) is 0 Å². The summed E-state index contributed by atoms with van der Waals surface area (Å²) in [6.45, 7) is -0.0770. The van der Waals surface area contributed by atoms with Gasteiger partial charge in [0.2, 0.25) is 5.91 Å². The maximum absolute atomic E-state index is 12.5. The van der Waals surface area contributed by atoms with Crippen LogP contribution in [0.1, 0.15) is 25.1 Å². The summed E-state index contributed by atoms with van der Waals surface area (Å²) in [5, 5.41) is 12.2. The fourth-order valence-corrected chi connectivity index (χ4v) is 4.47. The van der Waals surface area contributed by atoms with Crippen molar-refractivity contribution >= 4 is 23.4 Å². The van der Waals surface area contributed by atoms with Crippen molar-refractivity contribution in [2.45, 2.75) is 37.6 Å². The molecule has 0 radical (unpaired) electrons. The molecular weight excluding hydrogens is 448 g/mol. The van der Waals surface area contributed by atoms with Crippen LogP contribution in [-0.2, 0) is 11.3 Å². The van der Waals surface area contributed by atoms with Crippen molar-refractivity contribution in [2.75, 3.05) is 24.2 Å². The zero-order chi connectivity index (χ0) is 23.0. The first kappa shape index (κ1) is 23.2. The number of hydrogen-bond acceptors (Lipinski definition) is 6. The highest BCUT2D eigenvalue weighted by Gasteiger charge is 2.19. The van der Waals surface area contributed by atoms with Gasteiger partial charge in [0.1, 0.15) is 5.75 Å². The third kappa shape index (κ3) is 6.52. The molecule has 2 aromatic carbocycles. The molecule has 0 bridgehead atoms. The normalized spacial score (nSPS) is 14.4. The van der Waals surface area contributed by atoms with Gasteiger partial charge in [0.15, 0.2) is 11.0 Å². The van der Waals surface area contributed by atoms with Gasteiger partial charge in [-0.05, 0) is 62.3 Å². The van der Waals surface area contributed by atoms with Gasteiger partial charge in [-0.15, -0.1) is 10.2 Å². The van der Waals surface area contributed by atoms with E-state index in [-0.39, 0.29) is 17.4 Å². The molecule has 0 spiro atoms. The van der Waals surface area contributed by atoms with Crippen LogP contribution in [0.15, 0.2) is 59.8 Å². The lowest BCUT2D eigenvalue weighted by Gasteiger charge is -2.26. The Labute approximate surface area is 195 Å². The summed E-state index contributed by atoms with van der Waals surface area (Å²) in [4.78, 5) is 14.9. The minimum Gasteiger partial charge on any atom is -0.435 e. The van der Waals surface area contributed by atoms with Crippen LogP contribution in [0, 0.1) is 0 Å². The molecular formula is C23H25F2N5O2S. The number of anilines is 1. The quantitative estimate of drug-likeness (QED) is 0.459. The van der Waals surface area contributed by atoms with Gasteiger partial charge in [-0.3, -0.25) is 14.3 Å². The zero-order valence-electron chi connectivity index (χ0n) is 18.0. The van der Waals surface area contributed by atoms with Crippen LogP contribution < -0.4 is 10.1 Å². The third-order valence-corrected chi connectivity index (χ3v) is 6.15. The summed E-state index contributed by atoms with van der Waals surface area (Å²) in [7, 11) is 0. The number of hydrogen-bond donors (Lipinski definition) is 1. The number of ether oxygens (including phenoxy) is 1. The van der Waals surface area contributed by atoms with Crippen molar-refractivity contribution < 1.29 is 18.3 Å². The molecule has 10 heteroatoms. The van der Waals surface area contributed by atoms with Gasteiger partial charge in [-0.2, -0.15) is 8.78 Å². The predicted octanol–water partition coefficient (Wildman–Crippen LogP) is 4.59. The SMILES string of the molecule is O=C(CSc1nnc(CN2CCCCC2)n1-c1ccccc1)Nc1ccc(OC(F)F)cc1. The minimum atomic E-state index is -2.89. The summed E-state index contributed by atoms with van der Waals surface area (Å²) >= 11 is 1.30. The molecule has 1 aliphatic heterocycles. The van der Waals surface area contributed by atoms with E-state index in [0.717, 1.165) is 24.6 Å². The van der Waals surface area contributed by atoms with Crippen molar-refractivity contribution in [3.05, 3.63) is 60.4 Å². The summed E-state index contributed by atoms with van der Waals surface area (Å²) in [5.74, 6) is 0.780. The van der Waals surface area contributed by atoms with Gasteiger partial charge in [-0.1, -0.05) is 36.4 Å². The van der Waals surface area contributed by atoms with Crippen LogP contribution in [-0.4, -0.2) is 51.0 Å². The summed E-state index contributed by atoms with van der Waals surface area (Å²) < 4.78 is 30.9. The van der Waals surface area contributed by atoms with Gasteiger partial charge in [0.05, 0.1) is 12.3 Å². The highest BCUT2D eigenvalue weighted by molar-refractivity contribution is 7.99. The Morgan fingerprint density at radius 3 is 2.45 bits per heavy atom. The number of nitrogens with one attached hydrogen (secondary N) is 1. The number of likely N-dealkylation sites (tertiary alicyclic amines) is 1. The minimum absolute atomic E-state index is 0.0366. The molecule has 0 atom stereocenters. The van der Waals surface area contributed by atoms with Gasteiger partial charge in [0.25, 0.3) is 0 Å². The van der Waals surface area contributed by atoms with E-state index >= 15 is 0 Å². The van der Waals surface area contributed by atoms with E-state index in [0.29, 0.717) is 17.4 Å². The summed E-state index contributed by atoms with van der Waals surface area (Å²) in [5.41, 5.74) is 1.45. The first-order valence-electron chi connectivity index (χ1n) is 10.8. The Morgan fingerprint density at radius 2 is 1.76 bits per heavy atom. The van der Waals surface area contributed by atoms with E-state index in [4.69, 9.17) is 0 Å². The second kappa shape index (κ2) is 11.2. The fourth-order valence-electron chi connectivity index (χ4n) is 3.70. The van der Waals surface area contributed by atoms with Crippen LogP contribution in [0.5, 0.6) is 5.75 Å². The number of carbonyl (C=O) groups excluding carboxylic acids is 1. The van der Waals surface area contributed by atoms with Gasteiger partial charge in [0, 0.05) is 11.4 Å². The van der Waals surface area contributed by atoms with Crippen molar-refractivity contribution in [2.24, 2.45) is 0 Å². The van der Waals surface area contributed by atoms with Crippen LogP contribution in [0.4, 0.5) is 14.5 Å². The molecule has 4 rings (SSSR count). The fraction of sp³-hybridized carbons (Fsp3) is 0.348. The molecule has 174 valence electrons. The Bertz CT molecular complexity index is 1040. The number of alkyl halides is 2. The Morgan fingerprint density at radius 1 is 1.03 bits per heavy atom. The van der Waals surface area contributed by atoms with Crippen LogP contribution in [0.25, 0.3) is 5.69 Å². The average molecular weight is 474 g/mol. The first-order chi connectivity index (χ1) is 16.1. The lowest BCUT2D eigenvalue weighted by Crippen LogP contribution is -2.30. The largest absolute Gasteiger partial charge is 0.435 e. The highest BCUT2D eigenvalue weighted by atomic mass is 32.2. The molecule has 1 N–H and O–H groups in total. The topological polar surface area (TPSA) is 72.3 Å². The third-order valence-electron chi connectivity index (χ3n) is 5.22. The number of halogens is 2. The van der Waals surface area contributed by atoms with Gasteiger partial charge < -0.3 is 10.1 Å². The number of benzene rings is 2. The number of nitrogens with zero attached hydrogens (tertiary/aromatic N) is 4. The van der Waals surface area contributed by atoms with Gasteiger partial charge >= 0.3 is 6.61 Å². The molecule has 7 nitrogen and oxygen atoms in total. The molecule has 1 fully saturated rings. The second-order valence-corrected chi connectivity index (χ2v) is 8.59. The van der Waals surface area contributed by atoms with E-state index in [2.05, 4.69) is 25.2 Å². The Hall–Kier alpha value is -2.98. The van der Waals surface area contributed by atoms with E-state index in [1.54, 1.807) is 0 Å². The maximum atomic E-state index is 12.5. The molecule has 1 saturated heterocycles. The Kier molecular flexibility index (Phi) is 7.90. The molecule has 1 amide bonds. The van der Waals surface area contributed by atoms with Crippen molar-refractivity contribution in [3.8, 4) is 11.4 Å². The van der Waals surface area contributed by atoms with Crippen molar-refractivity contribution in [3.63, 3.8) is 0 Å². The van der Waals surface area contributed by atoms with E-state index in [1.807, 2.05) is 34.9 Å². The summed E-state index contributed by atoms with van der Waals surface area (Å²) in [6.07, 6.45) is 3.65. The number of para-hydroxylation sites is 1. The molecule has 1 aromatic heterocycles. The van der Waals surface area contributed by atoms with Gasteiger partial charge in [-0.25, -0.2) is 0 Å². The predicted molar refractivity (Wildman–Crippen MR) is 123 cm³/mol. The van der Waals surface area contributed by atoms with Crippen LogP contribution >= 0.6 is 11.8 Å². The molecule has 0 unspecified atom stereocenters. The van der Waals surface area contributed by atoms with E-state index in [1.165, 1.54) is 55.3 Å². The number of thioether (sulfide) groups is 1.